The van der Waals surface area contributed by atoms with Crippen molar-refractivity contribution in [1.29, 1.82) is 0 Å². The first kappa shape index (κ1) is 28.9. The number of aromatic nitrogens is 3. The minimum atomic E-state index is -0.531. The number of ether oxygens (including phenoxy) is 1. The van der Waals surface area contributed by atoms with Crippen molar-refractivity contribution < 1.29 is 19.1 Å². The third-order valence-electron chi connectivity index (χ3n) is 7.32. The number of hydrogen-bond acceptors (Lipinski definition) is 8. The van der Waals surface area contributed by atoms with Gasteiger partial charge < -0.3 is 14.5 Å². The lowest BCUT2D eigenvalue weighted by molar-refractivity contribution is 0.0142. The number of likely N-dealkylation sites (tertiary alicyclic amines) is 1. The van der Waals surface area contributed by atoms with E-state index in [1.54, 1.807) is 40.8 Å². The van der Waals surface area contributed by atoms with Gasteiger partial charge in [0.05, 0.1) is 16.3 Å². The molecule has 2 amide bonds. The van der Waals surface area contributed by atoms with Gasteiger partial charge in [0, 0.05) is 60.5 Å². The van der Waals surface area contributed by atoms with Crippen molar-refractivity contribution in [2.45, 2.75) is 83.9 Å². The van der Waals surface area contributed by atoms with Crippen LogP contribution in [0.4, 0.5) is 4.79 Å². The van der Waals surface area contributed by atoms with Gasteiger partial charge in [-0.2, -0.15) is 0 Å². The molecule has 1 aliphatic carbocycles. The second-order valence-electron chi connectivity index (χ2n) is 11.8. The Labute approximate surface area is 245 Å². The molecule has 0 spiro atoms. The molecule has 2 aliphatic rings. The highest BCUT2D eigenvalue weighted by molar-refractivity contribution is 7.09. The van der Waals surface area contributed by atoms with E-state index in [1.165, 1.54) is 0 Å². The van der Waals surface area contributed by atoms with Crippen LogP contribution in [0.2, 0.25) is 0 Å². The standard InChI is InChI=1S/C31H37N5O4S/c1-20-34-24(19-41-20)9-12-27(37)21-5-7-22(8-6-21)28-32-17-23(18-33-28)29(38)36(25-10-11-25)26-13-15-35(16-14-26)30(39)40-31(2,3)4/h5-8,17-19,25-26H,9-16H2,1-4H3. The van der Waals surface area contributed by atoms with E-state index in [2.05, 4.69) is 15.0 Å². The van der Waals surface area contributed by atoms with E-state index in [9.17, 15) is 14.4 Å². The number of Topliss-reactive ketones (excluding diaryl/α,β-unsaturated/α-hetero) is 1. The normalized spacial score (nSPS) is 16.0. The lowest BCUT2D eigenvalue weighted by atomic mass is 10.0. The molecule has 0 unspecified atom stereocenters. The van der Waals surface area contributed by atoms with Crippen molar-refractivity contribution in [3.8, 4) is 11.4 Å². The Bertz CT molecular complexity index is 1390. The van der Waals surface area contributed by atoms with Crippen molar-refractivity contribution in [3.63, 3.8) is 0 Å². The summed E-state index contributed by atoms with van der Waals surface area (Å²) >= 11 is 1.59. The minimum Gasteiger partial charge on any atom is -0.444 e. The molecule has 1 saturated heterocycles. The maximum Gasteiger partial charge on any atom is 0.410 e. The molecule has 3 heterocycles. The molecule has 2 fully saturated rings. The van der Waals surface area contributed by atoms with Crippen molar-refractivity contribution in [1.82, 2.24) is 24.8 Å². The monoisotopic (exact) mass is 575 g/mol. The van der Waals surface area contributed by atoms with Crippen LogP contribution in [0.15, 0.2) is 42.0 Å². The Kier molecular flexibility index (Phi) is 8.49. The number of carbonyl (C=O) groups is 3. The van der Waals surface area contributed by atoms with Crippen LogP contribution in [0, 0.1) is 6.92 Å². The molecular weight excluding hydrogens is 538 g/mol. The molecule has 5 rings (SSSR count). The number of hydrogen-bond donors (Lipinski definition) is 0. The van der Waals surface area contributed by atoms with Crippen molar-refractivity contribution in [3.05, 3.63) is 63.9 Å². The van der Waals surface area contributed by atoms with E-state index in [4.69, 9.17) is 4.74 Å². The van der Waals surface area contributed by atoms with E-state index in [0.29, 0.717) is 42.9 Å². The predicted octanol–water partition coefficient (Wildman–Crippen LogP) is 5.73. The molecular formula is C31H37N5O4S. The molecule has 2 aromatic heterocycles. The number of thiazole rings is 1. The highest BCUT2D eigenvalue weighted by Gasteiger charge is 2.40. The zero-order chi connectivity index (χ0) is 29.1. The van der Waals surface area contributed by atoms with Gasteiger partial charge in [-0.1, -0.05) is 24.3 Å². The van der Waals surface area contributed by atoms with Gasteiger partial charge in [-0.15, -0.1) is 11.3 Å². The van der Waals surface area contributed by atoms with Gasteiger partial charge in [0.25, 0.3) is 5.91 Å². The summed E-state index contributed by atoms with van der Waals surface area (Å²) in [5.41, 5.74) is 2.30. The highest BCUT2D eigenvalue weighted by Crippen LogP contribution is 2.33. The third-order valence-corrected chi connectivity index (χ3v) is 8.15. The molecule has 9 nitrogen and oxygen atoms in total. The van der Waals surface area contributed by atoms with Crippen LogP contribution in [0.1, 0.15) is 84.3 Å². The first-order valence-electron chi connectivity index (χ1n) is 14.2. The Morgan fingerprint density at radius 3 is 2.17 bits per heavy atom. The highest BCUT2D eigenvalue weighted by atomic mass is 32.1. The lowest BCUT2D eigenvalue weighted by Crippen LogP contribution is -2.50. The number of aryl methyl sites for hydroxylation is 2. The van der Waals surface area contributed by atoms with Crippen LogP contribution < -0.4 is 0 Å². The van der Waals surface area contributed by atoms with Crippen LogP contribution in [-0.2, 0) is 11.2 Å². The van der Waals surface area contributed by atoms with Gasteiger partial charge in [0.15, 0.2) is 11.6 Å². The van der Waals surface area contributed by atoms with Crippen LogP contribution in [0.25, 0.3) is 11.4 Å². The number of carbonyl (C=O) groups excluding carboxylic acids is 3. The fourth-order valence-electron chi connectivity index (χ4n) is 5.09. The Balaban J connectivity index is 1.18. The zero-order valence-corrected chi connectivity index (χ0v) is 24.9. The van der Waals surface area contributed by atoms with E-state index in [-0.39, 0.29) is 29.9 Å². The van der Waals surface area contributed by atoms with Gasteiger partial charge >= 0.3 is 6.09 Å². The summed E-state index contributed by atoms with van der Waals surface area (Å²) < 4.78 is 5.51. The van der Waals surface area contributed by atoms with Crippen LogP contribution in [0.3, 0.4) is 0 Å². The van der Waals surface area contributed by atoms with Crippen LogP contribution >= 0.6 is 11.3 Å². The van der Waals surface area contributed by atoms with Crippen molar-refractivity contribution in [2.24, 2.45) is 0 Å². The maximum absolute atomic E-state index is 13.6. The summed E-state index contributed by atoms with van der Waals surface area (Å²) in [5.74, 6) is 0.509. The topological polar surface area (TPSA) is 106 Å². The second-order valence-corrected chi connectivity index (χ2v) is 12.9. The molecule has 0 atom stereocenters. The molecule has 3 aromatic rings. The Morgan fingerprint density at radius 2 is 1.61 bits per heavy atom. The summed E-state index contributed by atoms with van der Waals surface area (Å²) in [4.78, 5) is 55.8. The molecule has 1 saturated carbocycles. The molecule has 0 N–H and O–H groups in total. The van der Waals surface area contributed by atoms with Gasteiger partial charge in [0.1, 0.15) is 5.60 Å². The smallest absolute Gasteiger partial charge is 0.410 e. The lowest BCUT2D eigenvalue weighted by Gasteiger charge is -2.39. The summed E-state index contributed by atoms with van der Waals surface area (Å²) in [5, 5.41) is 3.00. The number of piperidine rings is 1. The van der Waals surface area contributed by atoms with E-state index >= 15 is 0 Å². The quantitative estimate of drug-likeness (QED) is 0.316. The van der Waals surface area contributed by atoms with E-state index < -0.39 is 5.60 Å². The van der Waals surface area contributed by atoms with Gasteiger partial charge in [0.2, 0.25) is 0 Å². The predicted molar refractivity (Wildman–Crippen MR) is 157 cm³/mol. The molecule has 0 bridgehead atoms. The maximum atomic E-state index is 13.6. The van der Waals surface area contributed by atoms with Crippen LogP contribution in [-0.4, -0.2) is 73.3 Å². The minimum absolute atomic E-state index is 0.0639. The molecule has 41 heavy (non-hydrogen) atoms. The van der Waals surface area contributed by atoms with Crippen molar-refractivity contribution >= 4 is 29.1 Å². The first-order valence-corrected chi connectivity index (χ1v) is 15.1. The summed E-state index contributed by atoms with van der Waals surface area (Å²) in [7, 11) is 0. The molecule has 216 valence electrons. The fourth-order valence-corrected chi connectivity index (χ4v) is 5.73. The van der Waals surface area contributed by atoms with Gasteiger partial charge in [-0.3, -0.25) is 9.59 Å². The Hall–Kier alpha value is -3.66. The van der Waals surface area contributed by atoms with Gasteiger partial charge in [-0.25, -0.2) is 19.7 Å². The SMILES string of the molecule is Cc1nc(CCC(=O)c2ccc(-c3ncc(C(=O)N(C4CC4)C4CCN(C(=O)OC(C)(C)C)CC4)cn3)cc2)cs1. The molecule has 0 radical (unpaired) electrons. The second kappa shape index (κ2) is 12.1. The number of ketones is 1. The summed E-state index contributed by atoms with van der Waals surface area (Å²) in [6, 6.07) is 7.57. The van der Waals surface area contributed by atoms with Crippen molar-refractivity contribution in [2.75, 3.05) is 13.1 Å². The van der Waals surface area contributed by atoms with E-state index in [0.717, 1.165) is 41.9 Å². The fraction of sp³-hybridized carbons (Fsp3) is 0.484. The number of benzene rings is 1. The number of amides is 2. The largest absolute Gasteiger partial charge is 0.444 e. The first-order chi connectivity index (χ1) is 19.6. The zero-order valence-electron chi connectivity index (χ0n) is 24.1. The summed E-state index contributed by atoms with van der Waals surface area (Å²) in [6.45, 7) is 8.68. The average Bonchev–Trinajstić information content (AvgIpc) is 3.70. The van der Waals surface area contributed by atoms with Gasteiger partial charge in [-0.05, 0) is 59.8 Å². The van der Waals surface area contributed by atoms with E-state index in [1.807, 2.05) is 50.1 Å². The summed E-state index contributed by atoms with van der Waals surface area (Å²) in [6.07, 6.45) is 7.33. The molecule has 10 heteroatoms. The third kappa shape index (κ3) is 7.35. The Morgan fingerprint density at radius 1 is 0.976 bits per heavy atom. The number of nitrogens with zero attached hydrogens (tertiary/aromatic N) is 5. The molecule has 1 aliphatic heterocycles. The average molecular weight is 576 g/mol. The van der Waals surface area contributed by atoms with Crippen LogP contribution in [0.5, 0.6) is 0 Å². The molecule has 1 aromatic carbocycles. The number of rotatable bonds is 8.